The highest BCUT2D eigenvalue weighted by atomic mass is 16.4. The van der Waals surface area contributed by atoms with E-state index in [2.05, 4.69) is 6.58 Å². The predicted octanol–water partition coefficient (Wildman–Crippen LogP) is 0.419. The molecule has 0 amide bonds. The number of carboxylic acid groups (broad SMARTS) is 1. The summed E-state index contributed by atoms with van der Waals surface area (Å²) in [5.74, 6) is -2.11. The molecule has 11 heavy (non-hydrogen) atoms. The molecule has 0 bridgehead atoms. The van der Waals surface area contributed by atoms with Gasteiger partial charge in [-0.1, -0.05) is 12.9 Å². The van der Waals surface area contributed by atoms with Crippen molar-refractivity contribution in [3.8, 4) is 0 Å². The van der Waals surface area contributed by atoms with Gasteiger partial charge in [-0.2, -0.15) is 0 Å². The molecule has 0 fully saturated rings. The van der Waals surface area contributed by atoms with E-state index in [1.54, 1.807) is 0 Å². The molecule has 0 aromatic carbocycles. The molecule has 1 N–H and O–H groups in total. The van der Waals surface area contributed by atoms with Gasteiger partial charge >= 0.3 is 5.97 Å². The lowest BCUT2D eigenvalue weighted by Crippen LogP contribution is -2.16. The van der Waals surface area contributed by atoms with Gasteiger partial charge in [-0.05, 0) is 6.08 Å². The number of allylic oxidation sites excluding steroid dienone is 1. The van der Waals surface area contributed by atoms with Crippen LogP contribution in [0.2, 0.25) is 6.32 Å². The van der Waals surface area contributed by atoms with Crippen molar-refractivity contribution in [2.24, 2.45) is 5.92 Å². The number of aliphatic carboxylic acids is 1. The van der Waals surface area contributed by atoms with Crippen LogP contribution in [0.25, 0.3) is 0 Å². The minimum atomic E-state index is -1.04. The maximum Gasteiger partial charge on any atom is 0.306 e. The topological polar surface area (TPSA) is 54.4 Å². The second kappa shape index (κ2) is 4.71. The smallest absolute Gasteiger partial charge is 0.306 e. The van der Waals surface area contributed by atoms with E-state index < -0.39 is 11.9 Å². The van der Waals surface area contributed by atoms with E-state index in [1.165, 1.54) is 0 Å². The quantitative estimate of drug-likeness (QED) is 0.458. The number of ketones is 1. The molecule has 0 rings (SSSR count). The second-order valence-corrected chi connectivity index (χ2v) is 2.15. The van der Waals surface area contributed by atoms with Gasteiger partial charge in [0.15, 0.2) is 5.78 Å². The normalized spacial score (nSPS) is 12.0. The summed E-state index contributed by atoms with van der Waals surface area (Å²) in [5.41, 5.74) is 0. The van der Waals surface area contributed by atoms with Crippen LogP contribution in [0, 0.1) is 5.92 Å². The average Bonchev–Trinajstić information content (AvgIpc) is 1.99. The minimum Gasteiger partial charge on any atom is -0.481 e. The van der Waals surface area contributed by atoms with Gasteiger partial charge < -0.3 is 5.11 Å². The molecule has 0 aromatic heterocycles. The van der Waals surface area contributed by atoms with E-state index in [9.17, 15) is 9.59 Å². The molecular weight excluding hydrogens is 143 g/mol. The Bertz CT molecular complexity index is 177. The molecular formula is C7H9BO3. The predicted molar refractivity (Wildman–Crippen MR) is 41.5 cm³/mol. The van der Waals surface area contributed by atoms with Gasteiger partial charge in [-0.3, -0.25) is 9.59 Å². The zero-order valence-corrected chi connectivity index (χ0v) is 6.12. The second-order valence-electron chi connectivity index (χ2n) is 2.15. The highest BCUT2D eigenvalue weighted by Gasteiger charge is 2.16. The molecule has 0 heterocycles. The zero-order valence-electron chi connectivity index (χ0n) is 6.12. The van der Waals surface area contributed by atoms with E-state index >= 15 is 0 Å². The van der Waals surface area contributed by atoms with Crippen LogP contribution in [0.1, 0.15) is 6.42 Å². The number of carbonyl (C=O) groups is 2. The number of carbonyl (C=O) groups excluding carboxylic acids is 1. The van der Waals surface area contributed by atoms with Gasteiger partial charge in [-0.15, -0.1) is 0 Å². The third-order valence-electron chi connectivity index (χ3n) is 1.31. The van der Waals surface area contributed by atoms with Gasteiger partial charge in [0.1, 0.15) is 0 Å². The van der Waals surface area contributed by atoms with Crippen LogP contribution in [0.3, 0.4) is 0 Å². The summed E-state index contributed by atoms with van der Waals surface area (Å²) in [7, 11) is 5.11. The van der Waals surface area contributed by atoms with Crippen molar-refractivity contribution in [2.75, 3.05) is 0 Å². The van der Waals surface area contributed by atoms with Gasteiger partial charge in [-0.25, -0.2) is 0 Å². The zero-order chi connectivity index (χ0) is 8.85. The van der Waals surface area contributed by atoms with Crippen molar-refractivity contribution in [2.45, 2.75) is 12.7 Å². The Balaban J connectivity index is 3.97. The summed E-state index contributed by atoms with van der Waals surface area (Å²) in [6, 6.07) is 0. The Kier molecular flexibility index (Phi) is 4.26. The average molecular weight is 152 g/mol. The molecule has 4 heteroatoms. The van der Waals surface area contributed by atoms with Crippen LogP contribution in [-0.4, -0.2) is 24.7 Å². The Morgan fingerprint density at radius 1 is 1.64 bits per heavy atom. The lowest BCUT2D eigenvalue weighted by Gasteiger charge is -2.05. The first kappa shape index (κ1) is 9.94. The molecule has 58 valence electrons. The van der Waals surface area contributed by atoms with E-state index in [1.807, 2.05) is 0 Å². The number of rotatable bonds is 5. The fourth-order valence-corrected chi connectivity index (χ4v) is 0.598. The summed E-state index contributed by atoms with van der Waals surface area (Å²) in [6.45, 7) is 3.22. The monoisotopic (exact) mass is 152 g/mol. The molecule has 0 aromatic rings. The molecule has 1 unspecified atom stereocenters. The summed E-state index contributed by atoms with van der Waals surface area (Å²) in [6.07, 6.45) is 1.02. The van der Waals surface area contributed by atoms with E-state index in [0.29, 0.717) is 0 Å². The first-order valence-corrected chi connectivity index (χ1v) is 3.20. The van der Waals surface area contributed by atoms with E-state index in [-0.39, 0.29) is 18.5 Å². The van der Waals surface area contributed by atoms with Crippen LogP contribution < -0.4 is 0 Å². The maximum absolute atomic E-state index is 10.6. The number of carboxylic acids is 1. The van der Waals surface area contributed by atoms with E-state index in [0.717, 1.165) is 6.08 Å². The fourth-order valence-electron chi connectivity index (χ4n) is 0.598. The molecule has 0 saturated carbocycles. The Morgan fingerprint density at radius 2 is 2.18 bits per heavy atom. The Hall–Kier alpha value is -1.06. The van der Waals surface area contributed by atoms with Gasteiger partial charge in [0.05, 0.1) is 13.8 Å². The summed E-state index contributed by atoms with van der Waals surface area (Å²) < 4.78 is 0. The van der Waals surface area contributed by atoms with Crippen molar-refractivity contribution in [3.63, 3.8) is 0 Å². The van der Waals surface area contributed by atoms with Crippen molar-refractivity contribution in [1.82, 2.24) is 0 Å². The van der Waals surface area contributed by atoms with Crippen molar-refractivity contribution >= 4 is 19.6 Å². The first-order valence-electron chi connectivity index (χ1n) is 3.20. The third-order valence-corrected chi connectivity index (χ3v) is 1.31. The largest absolute Gasteiger partial charge is 0.481 e. The van der Waals surface area contributed by atoms with Gasteiger partial charge in [0.2, 0.25) is 0 Å². The molecule has 0 aliphatic carbocycles. The minimum absolute atomic E-state index is 0.0189. The van der Waals surface area contributed by atoms with Gasteiger partial charge in [0, 0.05) is 6.42 Å². The molecule has 2 radical (unpaired) electrons. The van der Waals surface area contributed by atoms with Crippen molar-refractivity contribution in [3.05, 3.63) is 12.7 Å². The number of hydrogen-bond donors (Lipinski definition) is 1. The lowest BCUT2D eigenvalue weighted by molar-refractivity contribution is -0.142. The third kappa shape index (κ3) is 3.60. The van der Waals surface area contributed by atoms with Gasteiger partial charge in [0.25, 0.3) is 0 Å². The fraction of sp³-hybridized carbons (Fsp3) is 0.429. The lowest BCUT2D eigenvalue weighted by atomic mass is 9.88. The summed E-state index contributed by atoms with van der Waals surface area (Å²) >= 11 is 0. The summed E-state index contributed by atoms with van der Waals surface area (Å²) in [4.78, 5) is 21.0. The van der Waals surface area contributed by atoms with Crippen molar-refractivity contribution < 1.29 is 14.7 Å². The van der Waals surface area contributed by atoms with Crippen LogP contribution in [0.15, 0.2) is 12.7 Å². The highest BCUT2D eigenvalue weighted by Crippen LogP contribution is 2.07. The number of hydrogen-bond acceptors (Lipinski definition) is 2. The van der Waals surface area contributed by atoms with Crippen molar-refractivity contribution in [1.29, 1.82) is 0 Å². The molecule has 0 saturated heterocycles. The highest BCUT2D eigenvalue weighted by molar-refractivity contribution is 6.10. The van der Waals surface area contributed by atoms with Crippen LogP contribution in [-0.2, 0) is 9.59 Å². The van der Waals surface area contributed by atoms with Crippen LogP contribution in [0.5, 0.6) is 0 Å². The molecule has 0 spiro atoms. The Morgan fingerprint density at radius 3 is 2.45 bits per heavy atom. The van der Waals surface area contributed by atoms with Crippen LogP contribution in [0.4, 0.5) is 0 Å². The maximum atomic E-state index is 10.6. The molecule has 3 nitrogen and oxygen atoms in total. The SMILES string of the molecule is [B]CC(CC(=O)C=C)C(=O)O. The summed E-state index contributed by atoms with van der Waals surface area (Å²) in [5, 5.41) is 8.45. The molecule has 0 aliphatic heterocycles. The first-order chi connectivity index (χ1) is 5.11. The van der Waals surface area contributed by atoms with Crippen LogP contribution >= 0.6 is 0 Å². The van der Waals surface area contributed by atoms with E-state index in [4.69, 9.17) is 13.0 Å². The molecule has 0 aliphatic rings. The standard InChI is InChI=1S/C7H9BO3/c1-2-6(9)3-5(4-8)7(10)11/h2,5H,1,3-4H2,(H,10,11). The Labute approximate surface area is 66.5 Å². The molecule has 1 atom stereocenters.